The van der Waals surface area contributed by atoms with Gasteiger partial charge >= 0.3 is 0 Å². The molecule has 0 bridgehead atoms. The van der Waals surface area contributed by atoms with Gasteiger partial charge < -0.3 is 5.32 Å². The Morgan fingerprint density at radius 2 is 2.00 bits per heavy atom. The van der Waals surface area contributed by atoms with Crippen LogP contribution in [0.1, 0.15) is 46.0 Å². The summed E-state index contributed by atoms with van der Waals surface area (Å²) >= 11 is 0. The van der Waals surface area contributed by atoms with Gasteiger partial charge in [-0.2, -0.15) is 0 Å². The molecule has 2 heterocycles. The molecule has 4 aliphatic rings. The fourth-order valence-electron chi connectivity index (χ4n) is 4.56. The van der Waals surface area contributed by atoms with E-state index in [1.54, 1.807) is 5.57 Å². The molecule has 2 heteroatoms. The molecule has 0 amide bonds. The maximum Gasteiger partial charge on any atom is 0.0680 e. The Morgan fingerprint density at radius 1 is 1.21 bits per heavy atom. The van der Waals surface area contributed by atoms with Crippen molar-refractivity contribution in [3.8, 4) is 0 Å². The zero-order valence-corrected chi connectivity index (χ0v) is 11.9. The van der Waals surface area contributed by atoms with Crippen LogP contribution in [0.5, 0.6) is 0 Å². The molecule has 0 aromatic heterocycles. The van der Waals surface area contributed by atoms with E-state index in [1.165, 1.54) is 54.7 Å². The highest BCUT2D eigenvalue weighted by molar-refractivity contribution is 6.07. The third-order valence-corrected chi connectivity index (χ3v) is 5.44. The van der Waals surface area contributed by atoms with E-state index in [0.717, 1.165) is 6.54 Å². The summed E-state index contributed by atoms with van der Waals surface area (Å²) < 4.78 is 0. The van der Waals surface area contributed by atoms with Gasteiger partial charge in [-0.25, -0.2) is 0 Å². The Balaban J connectivity index is 1.90. The van der Waals surface area contributed by atoms with Crippen molar-refractivity contribution in [2.75, 3.05) is 6.54 Å². The quantitative estimate of drug-likeness (QED) is 0.700. The van der Waals surface area contributed by atoms with E-state index in [4.69, 9.17) is 4.99 Å². The Kier molecular flexibility index (Phi) is 2.33. The molecule has 0 aromatic rings. The van der Waals surface area contributed by atoms with Crippen molar-refractivity contribution in [3.05, 3.63) is 34.7 Å². The first kappa shape index (κ1) is 11.5. The highest BCUT2D eigenvalue weighted by Gasteiger charge is 2.53. The Hall–Kier alpha value is -1.31. The zero-order chi connectivity index (χ0) is 13.0. The number of hydrogen-bond acceptors (Lipinski definition) is 2. The van der Waals surface area contributed by atoms with Crippen LogP contribution >= 0.6 is 0 Å². The summed E-state index contributed by atoms with van der Waals surface area (Å²) in [5, 5.41) is 3.65. The van der Waals surface area contributed by atoms with Gasteiger partial charge in [0.2, 0.25) is 0 Å². The predicted molar refractivity (Wildman–Crippen MR) is 79.0 cm³/mol. The highest BCUT2D eigenvalue weighted by atomic mass is 15.0. The number of fused-ring (bicyclic) bond motifs is 4. The zero-order valence-electron chi connectivity index (χ0n) is 11.9. The Morgan fingerprint density at radius 3 is 2.79 bits per heavy atom. The topological polar surface area (TPSA) is 24.4 Å². The van der Waals surface area contributed by atoms with Crippen LogP contribution in [0, 0.1) is 11.3 Å². The second-order valence-corrected chi connectivity index (χ2v) is 6.74. The van der Waals surface area contributed by atoms with Gasteiger partial charge in [-0.3, -0.25) is 4.99 Å². The van der Waals surface area contributed by atoms with Crippen molar-refractivity contribution in [2.24, 2.45) is 16.3 Å². The van der Waals surface area contributed by atoms with E-state index in [2.05, 4.69) is 31.4 Å². The SMILES string of the molecule is CC1=CC2=C(NC1)C1=NC=C(C)CC1C21CCCC1. The third-order valence-electron chi connectivity index (χ3n) is 5.44. The summed E-state index contributed by atoms with van der Waals surface area (Å²) in [5.41, 5.74) is 7.63. The number of allylic oxidation sites excluding steroid dienone is 4. The maximum atomic E-state index is 4.81. The summed E-state index contributed by atoms with van der Waals surface area (Å²) in [6.45, 7) is 5.46. The van der Waals surface area contributed by atoms with Crippen LogP contribution in [-0.4, -0.2) is 12.3 Å². The van der Waals surface area contributed by atoms with Crippen molar-refractivity contribution in [1.29, 1.82) is 0 Å². The number of dihydropyridines is 1. The minimum absolute atomic E-state index is 0.401. The molecule has 2 aliphatic carbocycles. The van der Waals surface area contributed by atoms with Crippen LogP contribution in [0.25, 0.3) is 0 Å². The lowest BCUT2D eigenvalue weighted by Gasteiger charge is -2.35. The largest absolute Gasteiger partial charge is 0.380 e. The number of hydrogen-bond donors (Lipinski definition) is 1. The van der Waals surface area contributed by atoms with E-state index in [0.29, 0.717) is 11.3 Å². The average molecular weight is 254 g/mol. The van der Waals surface area contributed by atoms with Crippen molar-refractivity contribution in [3.63, 3.8) is 0 Å². The molecule has 0 radical (unpaired) electrons. The van der Waals surface area contributed by atoms with Crippen LogP contribution < -0.4 is 5.32 Å². The van der Waals surface area contributed by atoms with Crippen LogP contribution in [0.15, 0.2) is 39.7 Å². The first-order chi connectivity index (χ1) is 9.21. The second kappa shape index (κ2) is 3.84. The predicted octanol–water partition coefficient (Wildman–Crippen LogP) is 3.73. The highest BCUT2D eigenvalue weighted by Crippen LogP contribution is 2.59. The van der Waals surface area contributed by atoms with Crippen LogP contribution in [-0.2, 0) is 0 Å². The van der Waals surface area contributed by atoms with E-state index < -0.39 is 0 Å². The minimum Gasteiger partial charge on any atom is -0.380 e. The molecule has 1 N–H and O–H groups in total. The summed E-state index contributed by atoms with van der Waals surface area (Å²) in [6, 6.07) is 0. The Labute approximate surface area is 115 Å². The van der Waals surface area contributed by atoms with Crippen LogP contribution in [0.3, 0.4) is 0 Å². The molecule has 0 saturated heterocycles. The van der Waals surface area contributed by atoms with E-state index >= 15 is 0 Å². The lowest BCUT2D eigenvalue weighted by atomic mass is 9.69. The first-order valence-corrected chi connectivity index (χ1v) is 7.60. The molecular weight excluding hydrogens is 232 g/mol. The van der Waals surface area contributed by atoms with Crippen LogP contribution in [0.2, 0.25) is 0 Å². The first-order valence-electron chi connectivity index (χ1n) is 7.60. The standard InChI is InChI=1S/C17H22N2/c1-11-7-13-15(18-9-11)16-14(8-12(2)10-19-16)17(13)5-3-4-6-17/h7,10,14,18H,3-6,8-9H2,1-2H3. The van der Waals surface area contributed by atoms with E-state index in [-0.39, 0.29) is 0 Å². The second-order valence-electron chi connectivity index (χ2n) is 6.74. The van der Waals surface area contributed by atoms with Gasteiger partial charge in [-0.15, -0.1) is 0 Å². The van der Waals surface area contributed by atoms with Crippen molar-refractivity contribution < 1.29 is 0 Å². The fraction of sp³-hybridized carbons (Fsp3) is 0.588. The maximum absolute atomic E-state index is 4.81. The lowest BCUT2D eigenvalue weighted by molar-refractivity contribution is 0.294. The molecule has 4 rings (SSSR count). The molecule has 1 spiro atoms. The third kappa shape index (κ3) is 1.46. The lowest BCUT2D eigenvalue weighted by Crippen LogP contribution is -2.30. The minimum atomic E-state index is 0.401. The van der Waals surface area contributed by atoms with Gasteiger partial charge in [0.15, 0.2) is 0 Å². The summed E-state index contributed by atoms with van der Waals surface area (Å²) in [7, 11) is 0. The monoisotopic (exact) mass is 254 g/mol. The van der Waals surface area contributed by atoms with E-state index in [9.17, 15) is 0 Å². The molecule has 100 valence electrons. The molecule has 19 heavy (non-hydrogen) atoms. The number of aliphatic imine (C=N–C) groups is 1. The van der Waals surface area contributed by atoms with Gasteiger partial charge in [0.1, 0.15) is 0 Å². The van der Waals surface area contributed by atoms with Gasteiger partial charge in [-0.05, 0) is 38.7 Å². The van der Waals surface area contributed by atoms with E-state index in [1.807, 2.05) is 0 Å². The van der Waals surface area contributed by atoms with Gasteiger partial charge in [0.05, 0.1) is 11.4 Å². The number of nitrogens with zero attached hydrogens (tertiary/aromatic N) is 1. The van der Waals surface area contributed by atoms with Crippen molar-refractivity contribution >= 4 is 5.71 Å². The normalized spacial score (nSPS) is 31.5. The van der Waals surface area contributed by atoms with Gasteiger partial charge in [0, 0.05) is 24.1 Å². The van der Waals surface area contributed by atoms with Crippen LogP contribution in [0.4, 0.5) is 0 Å². The molecule has 1 saturated carbocycles. The number of nitrogens with one attached hydrogen (secondary N) is 1. The fourth-order valence-corrected chi connectivity index (χ4v) is 4.56. The summed E-state index contributed by atoms with van der Waals surface area (Å²) in [4.78, 5) is 4.81. The smallest absolute Gasteiger partial charge is 0.0680 e. The summed E-state index contributed by atoms with van der Waals surface area (Å²) in [6.07, 6.45) is 11.2. The molecule has 1 atom stereocenters. The van der Waals surface area contributed by atoms with Crippen molar-refractivity contribution in [1.82, 2.24) is 5.32 Å². The molecule has 1 fully saturated rings. The van der Waals surface area contributed by atoms with Gasteiger partial charge in [0.25, 0.3) is 0 Å². The van der Waals surface area contributed by atoms with Crippen molar-refractivity contribution in [2.45, 2.75) is 46.0 Å². The molecule has 1 unspecified atom stereocenters. The van der Waals surface area contributed by atoms with Gasteiger partial charge in [-0.1, -0.05) is 30.1 Å². The average Bonchev–Trinajstić information content (AvgIpc) is 2.97. The molecule has 0 aromatic carbocycles. The molecule has 2 nitrogen and oxygen atoms in total. The number of rotatable bonds is 0. The summed E-state index contributed by atoms with van der Waals surface area (Å²) in [5.74, 6) is 0.639. The molecular formula is C17H22N2. The Bertz CT molecular complexity index is 554. The molecule has 2 aliphatic heterocycles.